The van der Waals surface area contributed by atoms with Crippen molar-refractivity contribution in [2.45, 2.75) is 19.4 Å². The summed E-state index contributed by atoms with van der Waals surface area (Å²) in [5.41, 5.74) is 2.19. The third-order valence-corrected chi connectivity index (χ3v) is 4.11. The number of phenols is 2. The van der Waals surface area contributed by atoms with Gasteiger partial charge in [0.05, 0.1) is 5.56 Å². The first-order chi connectivity index (χ1) is 12.0. The molecule has 3 aromatic rings. The number of aliphatic carboxylic acids is 1. The van der Waals surface area contributed by atoms with Gasteiger partial charge in [-0.2, -0.15) is 0 Å². The van der Waals surface area contributed by atoms with Gasteiger partial charge in [-0.15, -0.1) is 0 Å². The van der Waals surface area contributed by atoms with Crippen LogP contribution >= 0.6 is 0 Å². The SMILES string of the molecule is C/C(=N\C(Cc1c[nH]c2ccccc12)C(=O)O)c1c(O)cccc1O. The van der Waals surface area contributed by atoms with Crippen LogP contribution < -0.4 is 0 Å². The van der Waals surface area contributed by atoms with E-state index < -0.39 is 12.0 Å². The number of aromatic amines is 1. The first kappa shape index (κ1) is 16.6. The third kappa shape index (κ3) is 3.33. The van der Waals surface area contributed by atoms with Crippen molar-refractivity contribution in [2.75, 3.05) is 0 Å². The number of nitrogens with one attached hydrogen (secondary N) is 1. The van der Waals surface area contributed by atoms with E-state index in [4.69, 9.17) is 0 Å². The summed E-state index contributed by atoms with van der Waals surface area (Å²) < 4.78 is 0. The molecule has 1 aromatic heterocycles. The number of nitrogens with zero attached hydrogens (tertiary/aromatic N) is 1. The van der Waals surface area contributed by atoms with Crippen molar-refractivity contribution in [3.63, 3.8) is 0 Å². The zero-order chi connectivity index (χ0) is 18.0. The van der Waals surface area contributed by atoms with E-state index in [1.54, 1.807) is 13.1 Å². The van der Waals surface area contributed by atoms with Crippen LogP contribution in [0, 0.1) is 0 Å². The number of carboxylic acids is 1. The molecule has 1 atom stereocenters. The second-order valence-electron chi connectivity index (χ2n) is 5.80. The molecule has 1 heterocycles. The van der Waals surface area contributed by atoms with Crippen molar-refractivity contribution < 1.29 is 20.1 Å². The van der Waals surface area contributed by atoms with Crippen LogP contribution in [0.5, 0.6) is 11.5 Å². The van der Waals surface area contributed by atoms with Crippen molar-refractivity contribution in [3.05, 3.63) is 59.8 Å². The van der Waals surface area contributed by atoms with Crippen LogP contribution in [0.4, 0.5) is 0 Å². The summed E-state index contributed by atoms with van der Waals surface area (Å²) in [5.74, 6) is -1.35. The molecule has 0 saturated carbocycles. The maximum Gasteiger partial charge on any atom is 0.328 e. The van der Waals surface area contributed by atoms with Crippen LogP contribution in [-0.2, 0) is 11.2 Å². The van der Waals surface area contributed by atoms with Gasteiger partial charge in [-0.25, -0.2) is 4.79 Å². The summed E-state index contributed by atoms with van der Waals surface area (Å²) in [6, 6.07) is 11.0. The molecule has 0 fully saturated rings. The Kier molecular flexibility index (Phi) is 4.43. The van der Waals surface area contributed by atoms with Gasteiger partial charge in [-0.05, 0) is 30.7 Å². The molecule has 2 aromatic carbocycles. The van der Waals surface area contributed by atoms with Gasteiger partial charge in [0.15, 0.2) is 6.04 Å². The Bertz CT molecular complexity index is 939. The molecule has 0 bridgehead atoms. The maximum atomic E-state index is 11.7. The Morgan fingerprint density at radius 3 is 2.48 bits per heavy atom. The van der Waals surface area contributed by atoms with E-state index in [1.807, 2.05) is 24.3 Å². The molecule has 3 rings (SSSR count). The second kappa shape index (κ2) is 6.68. The molecule has 25 heavy (non-hydrogen) atoms. The summed E-state index contributed by atoms with van der Waals surface area (Å²) in [6.45, 7) is 1.57. The highest BCUT2D eigenvalue weighted by Gasteiger charge is 2.21. The van der Waals surface area contributed by atoms with Crippen molar-refractivity contribution in [2.24, 2.45) is 4.99 Å². The second-order valence-corrected chi connectivity index (χ2v) is 5.80. The number of aliphatic imine (C=N–C) groups is 1. The normalized spacial score (nSPS) is 13.1. The molecule has 128 valence electrons. The standard InChI is InChI=1S/C19H18N2O4/c1-11(18-16(22)7-4-8-17(18)23)21-15(19(24)25)9-12-10-20-14-6-3-2-5-13(12)14/h2-8,10,15,20,22-23H,9H2,1H3,(H,24,25)/b21-11+. The molecule has 4 N–H and O–H groups in total. The Morgan fingerprint density at radius 2 is 1.80 bits per heavy atom. The van der Waals surface area contributed by atoms with Crippen molar-refractivity contribution in [1.29, 1.82) is 0 Å². The van der Waals surface area contributed by atoms with E-state index in [1.165, 1.54) is 18.2 Å². The molecule has 0 radical (unpaired) electrons. The number of rotatable bonds is 5. The zero-order valence-corrected chi connectivity index (χ0v) is 13.6. The number of para-hydroxylation sites is 1. The molecule has 0 aliphatic rings. The van der Waals surface area contributed by atoms with E-state index in [9.17, 15) is 20.1 Å². The molecule has 0 amide bonds. The highest BCUT2D eigenvalue weighted by Crippen LogP contribution is 2.27. The summed E-state index contributed by atoms with van der Waals surface area (Å²) in [5, 5.41) is 30.3. The van der Waals surface area contributed by atoms with Crippen LogP contribution in [-0.4, -0.2) is 38.0 Å². The topological polar surface area (TPSA) is 106 Å². The number of carboxylic acid groups (broad SMARTS) is 1. The Hall–Kier alpha value is -3.28. The number of hydrogen-bond donors (Lipinski definition) is 4. The molecular formula is C19H18N2O4. The Morgan fingerprint density at radius 1 is 1.12 bits per heavy atom. The summed E-state index contributed by atoms with van der Waals surface area (Å²) in [7, 11) is 0. The van der Waals surface area contributed by atoms with Gasteiger partial charge in [0, 0.05) is 29.2 Å². The lowest BCUT2D eigenvalue weighted by Gasteiger charge is -2.11. The van der Waals surface area contributed by atoms with Gasteiger partial charge in [0.2, 0.25) is 0 Å². The van der Waals surface area contributed by atoms with Gasteiger partial charge in [-0.1, -0.05) is 24.3 Å². The molecule has 0 saturated heterocycles. The minimum absolute atomic E-state index is 0.141. The predicted molar refractivity (Wildman–Crippen MR) is 95.4 cm³/mol. The third-order valence-electron chi connectivity index (χ3n) is 4.11. The number of carbonyl (C=O) groups is 1. The van der Waals surface area contributed by atoms with E-state index in [0.29, 0.717) is 0 Å². The fourth-order valence-corrected chi connectivity index (χ4v) is 2.89. The fourth-order valence-electron chi connectivity index (χ4n) is 2.89. The quantitative estimate of drug-likeness (QED) is 0.536. The van der Waals surface area contributed by atoms with Crippen LogP contribution in [0.25, 0.3) is 10.9 Å². The average Bonchev–Trinajstić information content (AvgIpc) is 2.97. The molecule has 1 unspecified atom stereocenters. The highest BCUT2D eigenvalue weighted by molar-refractivity contribution is 6.04. The smallest absolute Gasteiger partial charge is 0.328 e. The number of H-pyrrole nitrogens is 1. The van der Waals surface area contributed by atoms with Gasteiger partial charge in [0.1, 0.15) is 11.5 Å². The number of benzene rings is 2. The lowest BCUT2D eigenvalue weighted by molar-refractivity contribution is -0.138. The van der Waals surface area contributed by atoms with E-state index in [-0.39, 0.29) is 29.2 Å². The maximum absolute atomic E-state index is 11.7. The number of aromatic nitrogens is 1. The zero-order valence-electron chi connectivity index (χ0n) is 13.6. The lowest BCUT2D eigenvalue weighted by Crippen LogP contribution is -2.22. The molecule has 0 aliphatic heterocycles. The average molecular weight is 338 g/mol. The molecule has 6 nitrogen and oxygen atoms in total. The lowest BCUT2D eigenvalue weighted by atomic mass is 10.0. The highest BCUT2D eigenvalue weighted by atomic mass is 16.4. The largest absolute Gasteiger partial charge is 0.507 e. The predicted octanol–water partition coefficient (Wildman–Crippen LogP) is 3.08. The van der Waals surface area contributed by atoms with Gasteiger partial charge in [0.25, 0.3) is 0 Å². The number of hydrogen-bond acceptors (Lipinski definition) is 4. The summed E-state index contributed by atoms with van der Waals surface area (Å²) in [6.07, 6.45) is 1.98. The Labute approximate surface area is 144 Å². The van der Waals surface area contributed by atoms with Gasteiger partial charge >= 0.3 is 5.97 Å². The minimum atomic E-state index is -1.07. The van der Waals surface area contributed by atoms with Gasteiger partial charge < -0.3 is 20.3 Å². The first-order valence-electron chi connectivity index (χ1n) is 7.81. The van der Waals surface area contributed by atoms with E-state index in [2.05, 4.69) is 9.98 Å². The van der Waals surface area contributed by atoms with Crippen molar-refractivity contribution >= 4 is 22.6 Å². The van der Waals surface area contributed by atoms with E-state index in [0.717, 1.165) is 16.5 Å². The van der Waals surface area contributed by atoms with E-state index >= 15 is 0 Å². The first-order valence-corrected chi connectivity index (χ1v) is 7.81. The number of aromatic hydroxyl groups is 2. The number of phenolic OH excluding ortho intramolecular Hbond substituents is 2. The summed E-state index contributed by atoms with van der Waals surface area (Å²) in [4.78, 5) is 19.0. The van der Waals surface area contributed by atoms with Crippen LogP contribution in [0.2, 0.25) is 0 Å². The van der Waals surface area contributed by atoms with Crippen LogP contribution in [0.3, 0.4) is 0 Å². The fraction of sp³-hybridized carbons (Fsp3) is 0.158. The van der Waals surface area contributed by atoms with Crippen molar-refractivity contribution in [3.8, 4) is 11.5 Å². The Balaban J connectivity index is 1.95. The van der Waals surface area contributed by atoms with Crippen LogP contribution in [0.15, 0.2) is 53.7 Å². The van der Waals surface area contributed by atoms with Crippen molar-refractivity contribution in [1.82, 2.24) is 4.98 Å². The molecule has 0 aliphatic carbocycles. The molecule has 6 heteroatoms. The monoisotopic (exact) mass is 338 g/mol. The summed E-state index contributed by atoms with van der Waals surface area (Å²) >= 11 is 0. The minimum Gasteiger partial charge on any atom is -0.507 e. The number of fused-ring (bicyclic) bond motifs is 1. The van der Waals surface area contributed by atoms with Gasteiger partial charge in [-0.3, -0.25) is 4.99 Å². The van der Waals surface area contributed by atoms with Crippen LogP contribution in [0.1, 0.15) is 18.1 Å². The molecular weight excluding hydrogens is 320 g/mol. The molecule has 0 spiro atoms.